The van der Waals surface area contributed by atoms with Gasteiger partial charge in [0.1, 0.15) is 0 Å². The van der Waals surface area contributed by atoms with Crippen LogP contribution in [-0.4, -0.2) is 28.0 Å². The van der Waals surface area contributed by atoms with Crippen molar-refractivity contribution < 1.29 is 28.2 Å². The van der Waals surface area contributed by atoms with Gasteiger partial charge in [-0.3, -0.25) is 0 Å². The number of hydrogen-bond donors (Lipinski definition) is 2. The first-order valence-corrected chi connectivity index (χ1v) is 9.46. The maximum Gasteiger partial charge on any atom is 0.431 e. The first-order valence-electron chi connectivity index (χ1n) is 9.46. The zero-order valence-corrected chi connectivity index (χ0v) is 15.3. The van der Waals surface area contributed by atoms with Crippen molar-refractivity contribution in [3.63, 3.8) is 0 Å². The van der Waals surface area contributed by atoms with Crippen molar-refractivity contribution in [2.24, 2.45) is 0 Å². The summed E-state index contributed by atoms with van der Waals surface area (Å²) < 4.78 is 37.6. The van der Waals surface area contributed by atoms with E-state index in [2.05, 4.69) is 6.92 Å². The lowest BCUT2D eigenvalue weighted by Gasteiger charge is -2.22. The Bertz CT molecular complexity index is 381. The topological polar surface area (TPSA) is 57.5 Å². The molecule has 0 fully saturated rings. The summed E-state index contributed by atoms with van der Waals surface area (Å²) in [5.41, 5.74) is -3.79. The summed E-state index contributed by atoms with van der Waals surface area (Å²) in [7, 11) is 0. The molecule has 0 heterocycles. The fraction of sp³-hybridized carbons (Fsp3) is 0.842. The molecule has 0 saturated heterocycles. The number of unbranched alkanes of at least 4 members (excludes halogenated alkanes) is 12. The Morgan fingerprint density at radius 3 is 1.60 bits per heavy atom. The first kappa shape index (κ1) is 24.0. The number of alkyl halides is 3. The second-order valence-electron chi connectivity index (χ2n) is 6.65. The van der Waals surface area contributed by atoms with E-state index in [4.69, 9.17) is 5.11 Å². The van der Waals surface area contributed by atoms with Crippen molar-refractivity contribution in [2.45, 2.75) is 102 Å². The highest BCUT2D eigenvalue weighted by atomic mass is 19.4. The molecule has 6 heteroatoms. The van der Waals surface area contributed by atoms with E-state index in [-0.39, 0.29) is 0 Å². The molecule has 0 amide bonds. The van der Waals surface area contributed by atoms with Crippen LogP contribution in [0.3, 0.4) is 0 Å². The van der Waals surface area contributed by atoms with Gasteiger partial charge in [-0.05, 0) is 18.9 Å². The Morgan fingerprint density at radius 2 is 1.24 bits per heavy atom. The molecule has 0 aliphatic rings. The van der Waals surface area contributed by atoms with Gasteiger partial charge in [0, 0.05) is 0 Å². The molecule has 0 saturated carbocycles. The van der Waals surface area contributed by atoms with Crippen molar-refractivity contribution in [3.05, 3.63) is 12.2 Å². The fourth-order valence-electron chi connectivity index (χ4n) is 2.64. The van der Waals surface area contributed by atoms with Crippen LogP contribution in [-0.2, 0) is 4.79 Å². The van der Waals surface area contributed by atoms with Crippen LogP contribution in [0.5, 0.6) is 0 Å². The molecular weight excluding hydrogens is 333 g/mol. The van der Waals surface area contributed by atoms with E-state index in [0.29, 0.717) is 18.9 Å². The lowest BCUT2D eigenvalue weighted by molar-refractivity contribution is -0.243. The lowest BCUT2D eigenvalue weighted by Crippen LogP contribution is -2.50. The van der Waals surface area contributed by atoms with Gasteiger partial charge >= 0.3 is 12.1 Å². The highest BCUT2D eigenvalue weighted by Gasteiger charge is 2.58. The number of carbonyl (C=O) groups is 1. The number of aliphatic carboxylic acids is 1. The van der Waals surface area contributed by atoms with Crippen LogP contribution in [0.4, 0.5) is 13.2 Å². The molecule has 0 aromatic heterocycles. The van der Waals surface area contributed by atoms with Crippen LogP contribution in [0.15, 0.2) is 12.2 Å². The molecule has 0 aliphatic carbocycles. The number of rotatable bonds is 15. The Hall–Kier alpha value is -1.04. The van der Waals surface area contributed by atoms with E-state index in [1.165, 1.54) is 51.4 Å². The van der Waals surface area contributed by atoms with Gasteiger partial charge in [-0.2, -0.15) is 13.2 Å². The van der Waals surface area contributed by atoms with E-state index >= 15 is 0 Å². The third kappa shape index (κ3) is 10.5. The highest BCUT2D eigenvalue weighted by Crippen LogP contribution is 2.32. The van der Waals surface area contributed by atoms with Gasteiger partial charge < -0.3 is 10.2 Å². The van der Waals surface area contributed by atoms with Crippen LogP contribution >= 0.6 is 0 Å². The van der Waals surface area contributed by atoms with E-state index in [1.54, 1.807) is 0 Å². The molecule has 25 heavy (non-hydrogen) atoms. The van der Waals surface area contributed by atoms with E-state index in [9.17, 15) is 23.1 Å². The maximum absolute atomic E-state index is 12.5. The summed E-state index contributed by atoms with van der Waals surface area (Å²) in [6.07, 6.45) is 10.6. The smallest absolute Gasteiger partial charge is 0.431 e. The Morgan fingerprint density at radius 1 is 0.840 bits per heavy atom. The van der Waals surface area contributed by atoms with Crippen molar-refractivity contribution >= 4 is 5.97 Å². The number of halogens is 3. The minimum absolute atomic E-state index is 0.336. The molecule has 0 rings (SSSR count). The van der Waals surface area contributed by atoms with Gasteiger partial charge in [-0.15, -0.1) is 0 Å². The quantitative estimate of drug-likeness (QED) is 0.275. The molecule has 3 nitrogen and oxygen atoms in total. The summed E-state index contributed by atoms with van der Waals surface area (Å²) in [4.78, 5) is 10.6. The lowest BCUT2D eigenvalue weighted by atomic mass is 10.0. The predicted octanol–water partition coefficient (Wildman–Crippen LogP) is 6.01. The number of aliphatic hydroxyl groups is 1. The molecule has 0 spiro atoms. The predicted molar refractivity (Wildman–Crippen MR) is 93.5 cm³/mol. The zero-order valence-electron chi connectivity index (χ0n) is 15.3. The first-order chi connectivity index (χ1) is 11.8. The van der Waals surface area contributed by atoms with E-state index in [0.717, 1.165) is 25.3 Å². The summed E-state index contributed by atoms with van der Waals surface area (Å²) in [5.74, 6) is -2.30. The summed E-state index contributed by atoms with van der Waals surface area (Å²) >= 11 is 0. The SMILES string of the molecule is CCCCCCCCCCCCCCC=CC(O)(C(=O)O)C(F)(F)F. The molecule has 0 aromatic carbocycles. The average molecular weight is 366 g/mol. The van der Waals surface area contributed by atoms with Crippen LogP contribution in [0.25, 0.3) is 0 Å². The van der Waals surface area contributed by atoms with Crippen LogP contribution in [0.1, 0.15) is 90.4 Å². The van der Waals surface area contributed by atoms with E-state index in [1.807, 2.05) is 0 Å². The average Bonchev–Trinajstić information content (AvgIpc) is 2.53. The molecule has 0 radical (unpaired) electrons. The molecule has 1 unspecified atom stereocenters. The van der Waals surface area contributed by atoms with Gasteiger partial charge in [0.05, 0.1) is 0 Å². The zero-order chi connectivity index (χ0) is 19.2. The summed E-state index contributed by atoms with van der Waals surface area (Å²) in [6.45, 7) is 2.21. The van der Waals surface area contributed by atoms with Gasteiger partial charge in [-0.1, -0.05) is 83.6 Å². The minimum atomic E-state index is -5.22. The second kappa shape index (κ2) is 13.2. The number of carboxylic acids is 1. The number of hydrogen-bond acceptors (Lipinski definition) is 2. The maximum atomic E-state index is 12.5. The third-order valence-corrected chi connectivity index (χ3v) is 4.34. The van der Waals surface area contributed by atoms with Crippen molar-refractivity contribution in [3.8, 4) is 0 Å². The largest absolute Gasteiger partial charge is 0.479 e. The summed E-state index contributed by atoms with van der Waals surface area (Å²) in [5, 5.41) is 17.8. The van der Waals surface area contributed by atoms with Gasteiger partial charge in [0.15, 0.2) is 0 Å². The number of carboxylic acid groups (broad SMARTS) is 1. The van der Waals surface area contributed by atoms with Crippen molar-refractivity contribution in [1.82, 2.24) is 0 Å². The Kier molecular flexibility index (Phi) is 12.7. The van der Waals surface area contributed by atoms with Crippen LogP contribution in [0.2, 0.25) is 0 Å². The van der Waals surface area contributed by atoms with Crippen LogP contribution in [0, 0.1) is 0 Å². The van der Waals surface area contributed by atoms with Crippen LogP contribution < -0.4 is 0 Å². The Labute approximate surface area is 149 Å². The molecular formula is C19H33F3O3. The van der Waals surface area contributed by atoms with E-state index < -0.39 is 17.7 Å². The second-order valence-corrected chi connectivity index (χ2v) is 6.65. The van der Waals surface area contributed by atoms with Crippen molar-refractivity contribution in [2.75, 3.05) is 0 Å². The molecule has 148 valence electrons. The molecule has 1 atom stereocenters. The van der Waals surface area contributed by atoms with Gasteiger partial charge in [0.25, 0.3) is 5.60 Å². The normalized spacial score (nSPS) is 14.8. The minimum Gasteiger partial charge on any atom is -0.479 e. The summed E-state index contributed by atoms with van der Waals surface area (Å²) in [6, 6.07) is 0. The fourth-order valence-corrected chi connectivity index (χ4v) is 2.64. The van der Waals surface area contributed by atoms with Gasteiger partial charge in [-0.25, -0.2) is 4.79 Å². The molecule has 0 aliphatic heterocycles. The molecule has 2 N–H and O–H groups in total. The Balaban J connectivity index is 3.65. The standard InChI is InChI=1S/C19H33F3O3/c1-2-3-4-5-6-7-8-9-10-11-12-13-14-15-16-18(25,17(23)24)19(20,21)22/h15-16,25H,2-14H2,1H3,(H,23,24). The monoisotopic (exact) mass is 366 g/mol. The highest BCUT2D eigenvalue weighted by molar-refractivity contribution is 5.80. The van der Waals surface area contributed by atoms with Crippen molar-refractivity contribution in [1.29, 1.82) is 0 Å². The molecule has 0 aromatic rings. The van der Waals surface area contributed by atoms with Gasteiger partial charge in [0.2, 0.25) is 0 Å². The number of allylic oxidation sites excluding steroid dienone is 1. The molecule has 0 bridgehead atoms. The third-order valence-electron chi connectivity index (χ3n) is 4.34.